The third-order valence-electron chi connectivity index (χ3n) is 4.30. The quantitative estimate of drug-likeness (QED) is 0.593. The molecule has 0 spiro atoms. The molecule has 2 aromatic carbocycles. The summed E-state index contributed by atoms with van der Waals surface area (Å²) in [4.78, 5) is 12.2. The molecular weight excluding hydrogens is 234 g/mol. The second-order valence-corrected chi connectivity index (χ2v) is 5.34. The molecule has 0 saturated heterocycles. The van der Waals surface area contributed by atoms with Gasteiger partial charge in [-0.3, -0.25) is 4.79 Å². The summed E-state index contributed by atoms with van der Waals surface area (Å²) in [6.45, 7) is 0. The molecule has 0 amide bonds. The number of hydrogen-bond donors (Lipinski definition) is 0. The number of fused-ring (bicyclic) bond motifs is 5. The van der Waals surface area contributed by atoms with Gasteiger partial charge in [-0.1, -0.05) is 36.4 Å². The normalized spacial score (nSPS) is 15.1. The van der Waals surface area contributed by atoms with Crippen LogP contribution in [-0.4, -0.2) is 10.4 Å². The summed E-state index contributed by atoms with van der Waals surface area (Å²) in [7, 11) is 2.09. The fraction of sp³-hybridized carbons (Fsp3) is 0.235. The van der Waals surface area contributed by atoms with Gasteiger partial charge in [0.25, 0.3) is 0 Å². The summed E-state index contributed by atoms with van der Waals surface area (Å²) < 4.78 is 2.23. The predicted octanol–water partition coefficient (Wildman–Crippen LogP) is 3.85. The largest absolute Gasteiger partial charge is 0.346 e. The summed E-state index contributed by atoms with van der Waals surface area (Å²) >= 11 is 0. The number of carbonyl (C=O) groups is 1. The van der Waals surface area contributed by atoms with Crippen molar-refractivity contribution >= 4 is 27.5 Å². The molecule has 0 fully saturated rings. The molecule has 0 bridgehead atoms. The fourth-order valence-corrected chi connectivity index (χ4v) is 3.42. The average Bonchev–Trinajstić information content (AvgIpc) is 2.74. The van der Waals surface area contributed by atoms with Crippen LogP contribution in [0.2, 0.25) is 0 Å². The molecule has 2 heteroatoms. The number of ketones is 1. The Hall–Kier alpha value is -2.09. The lowest BCUT2D eigenvalue weighted by atomic mass is 9.94. The fourth-order valence-electron chi connectivity index (χ4n) is 3.42. The van der Waals surface area contributed by atoms with E-state index in [0.717, 1.165) is 23.8 Å². The van der Waals surface area contributed by atoms with E-state index < -0.39 is 0 Å². The number of aryl methyl sites for hydroxylation is 1. The van der Waals surface area contributed by atoms with Crippen molar-refractivity contribution in [1.82, 2.24) is 4.57 Å². The van der Waals surface area contributed by atoms with E-state index in [-0.39, 0.29) is 0 Å². The van der Waals surface area contributed by atoms with Gasteiger partial charge in [0.2, 0.25) is 0 Å². The molecule has 3 aromatic rings. The van der Waals surface area contributed by atoms with Crippen LogP contribution in [0.1, 0.15) is 28.9 Å². The van der Waals surface area contributed by atoms with Crippen LogP contribution in [0.25, 0.3) is 21.7 Å². The zero-order valence-corrected chi connectivity index (χ0v) is 10.9. The van der Waals surface area contributed by atoms with Crippen molar-refractivity contribution in [3.63, 3.8) is 0 Å². The maximum atomic E-state index is 12.2. The molecule has 19 heavy (non-hydrogen) atoms. The number of carbonyl (C=O) groups excluding carboxylic acids is 1. The Labute approximate surface area is 111 Å². The molecule has 4 rings (SSSR count). The first kappa shape index (κ1) is 10.8. The molecule has 0 radical (unpaired) electrons. The van der Waals surface area contributed by atoms with Crippen LogP contribution < -0.4 is 0 Å². The molecular formula is C17H15NO. The van der Waals surface area contributed by atoms with Gasteiger partial charge in [0.1, 0.15) is 0 Å². The standard InChI is InChI=1S/C17H15NO/c1-18-14-7-4-8-15(19)16(14)13-10-9-11-5-2-3-6-12(11)17(13)18/h2-3,5-6,9-10H,4,7-8H2,1H3. The minimum absolute atomic E-state index is 0.308. The predicted molar refractivity (Wildman–Crippen MR) is 77.7 cm³/mol. The molecule has 0 N–H and O–H groups in total. The van der Waals surface area contributed by atoms with Gasteiger partial charge in [-0.15, -0.1) is 0 Å². The first-order chi connectivity index (χ1) is 9.27. The molecule has 0 atom stereocenters. The number of nitrogens with zero attached hydrogens (tertiary/aromatic N) is 1. The van der Waals surface area contributed by atoms with Crippen LogP contribution >= 0.6 is 0 Å². The molecule has 0 aliphatic heterocycles. The number of aromatic nitrogens is 1. The van der Waals surface area contributed by atoms with E-state index >= 15 is 0 Å². The van der Waals surface area contributed by atoms with Crippen molar-refractivity contribution < 1.29 is 4.79 Å². The molecule has 1 aromatic heterocycles. The van der Waals surface area contributed by atoms with Gasteiger partial charge in [0.05, 0.1) is 5.52 Å². The summed E-state index contributed by atoms with van der Waals surface area (Å²) in [5, 5.41) is 3.60. The Morgan fingerprint density at radius 2 is 1.84 bits per heavy atom. The van der Waals surface area contributed by atoms with Gasteiger partial charge in [0.15, 0.2) is 5.78 Å². The van der Waals surface area contributed by atoms with E-state index in [9.17, 15) is 4.79 Å². The SMILES string of the molecule is Cn1c2c(c3ccc4ccccc4c31)C(=O)CCC2. The van der Waals surface area contributed by atoms with Crippen molar-refractivity contribution in [3.8, 4) is 0 Å². The van der Waals surface area contributed by atoms with Crippen LogP contribution in [0.5, 0.6) is 0 Å². The van der Waals surface area contributed by atoms with E-state index in [1.807, 2.05) is 0 Å². The molecule has 94 valence electrons. The lowest BCUT2D eigenvalue weighted by Gasteiger charge is -2.12. The van der Waals surface area contributed by atoms with Crippen molar-refractivity contribution in [1.29, 1.82) is 0 Å². The molecule has 0 unspecified atom stereocenters. The topological polar surface area (TPSA) is 22.0 Å². The zero-order valence-electron chi connectivity index (χ0n) is 10.9. The Morgan fingerprint density at radius 1 is 1.00 bits per heavy atom. The zero-order chi connectivity index (χ0) is 13.0. The van der Waals surface area contributed by atoms with Crippen LogP contribution in [0.4, 0.5) is 0 Å². The van der Waals surface area contributed by atoms with Gasteiger partial charge < -0.3 is 4.57 Å². The summed E-state index contributed by atoms with van der Waals surface area (Å²) in [6, 6.07) is 12.6. The number of hydrogen-bond acceptors (Lipinski definition) is 1. The highest BCUT2D eigenvalue weighted by Crippen LogP contribution is 2.35. The Balaban J connectivity index is 2.25. The molecule has 1 aliphatic rings. The van der Waals surface area contributed by atoms with E-state index in [4.69, 9.17) is 0 Å². The molecule has 0 saturated carbocycles. The summed E-state index contributed by atoms with van der Waals surface area (Å²) in [5.74, 6) is 0.308. The smallest absolute Gasteiger partial charge is 0.165 e. The van der Waals surface area contributed by atoms with Gasteiger partial charge >= 0.3 is 0 Å². The van der Waals surface area contributed by atoms with Crippen LogP contribution in [0, 0.1) is 0 Å². The first-order valence-electron chi connectivity index (χ1n) is 6.79. The summed E-state index contributed by atoms with van der Waals surface area (Å²) in [5.41, 5.74) is 3.38. The maximum absolute atomic E-state index is 12.2. The Bertz CT molecular complexity index is 826. The van der Waals surface area contributed by atoms with Gasteiger partial charge in [0, 0.05) is 35.5 Å². The lowest BCUT2D eigenvalue weighted by Crippen LogP contribution is -2.11. The van der Waals surface area contributed by atoms with E-state index in [1.165, 1.54) is 22.0 Å². The number of benzene rings is 2. The minimum atomic E-state index is 0.308. The Kier molecular flexibility index (Phi) is 2.10. The van der Waals surface area contributed by atoms with E-state index in [1.54, 1.807) is 0 Å². The van der Waals surface area contributed by atoms with Gasteiger partial charge in [-0.05, 0) is 18.2 Å². The second-order valence-electron chi connectivity index (χ2n) is 5.34. The maximum Gasteiger partial charge on any atom is 0.165 e. The van der Waals surface area contributed by atoms with Crippen LogP contribution in [0.3, 0.4) is 0 Å². The third kappa shape index (κ3) is 1.34. The van der Waals surface area contributed by atoms with Crippen molar-refractivity contribution in [2.45, 2.75) is 19.3 Å². The van der Waals surface area contributed by atoms with E-state index in [2.05, 4.69) is 48.0 Å². The Morgan fingerprint density at radius 3 is 2.74 bits per heavy atom. The van der Waals surface area contributed by atoms with Crippen LogP contribution in [0.15, 0.2) is 36.4 Å². The highest BCUT2D eigenvalue weighted by Gasteiger charge is 2.25. The molecule has 1 heterocycles. The second kappa shape index (κ2) is 3.70. The summed E-state index contributed by atoms with van der Waals surface area (Å²) in [6.07, 6.45) is 2.69. The van der Waals surface area contributed by atoms with Crippen molar-refractivity contribution in [2.24, 2.45) is 7.05 Å². The monoisotopic (exact) mass is 249 g/mol. The van der Waals surface area contributed by atoms with Crippen molar-refractivity contribution in [3.05, 3.63) is 47.7 Å². The third-order valence-corrected chi connectivity index (χ3v) is 4.30. The van der Waals surface area contributed by atoms with E-state index in [0.29, 0.717) is 12.2 Å². The molecule has 2 nitrogen and oxygen atoms in total. The van der Waals surface area contributed by atoms with Gasteiger partial charge in [-0.2, -0.15) is 0 Å². The van der Waals surface area contributed by atoms with Gasteiger partial charge in [-0.25, -0.2) is 0 Å². The van der Waals surface area contributed by atoms with Crippen molar-refractivity contribution in [2.75, 3.05) is 0 Å². The average molecular weight is 249 g/mol. The number of Topliss-reactive ketones (excluding diaryl/α,β-unsaturated/α-hetero) is 1. The number of rotatable bonds is 0. The minimum Gasteiger partial charge on any atom is -0.346 e. The van der Waals surface area contributed by atoms with Crippen LogP contribution in [-0.2, 0) is 13.5 Å². The first-order valence-corrected chi connectivity index (χ1v) is 6.79. The highest BCUT2D eigenvalue weighted by atomic mass is 16.1. The lowest BCUT2D eigenvalue weighted by molar-refractivity contribution is 0.0973. The highest BCUT2D eigenvalue weighted by molar-refractivity contribution is 6.16. The molecule has 1 aliphatic carbocycles.